The zero-order valence-electron chi connectivity index (χ0n) is 10.2. The van der Waals surface area contributed by atoms with E-state index < -0.39 is 0 Å². The number of rotatable bonds is 4. The second-order valence-electron chi connectivity index (χ2n) is 4.72. The molecule has 0 radical (unpaired) electrons. The van der Waals surface area contributed by atoms with Gasteiger partial charge in [-0.05, 0) is 31.5 Å². The van der Waals surface area contributed by atoms with Crippen molar-refractivity contribution in [3.05, 3.63) is 46.2 Å². The van der Waals surface area contributed by atoms with Crippen LogP contribution in [0.3, 0.4) is 0 Å². The minimum absolute atomic E-state index is 0.0606. The Bertz CT molecular complexity index is 449. The van der Waals surface area contributed by atoms with Crippen molar-refractivity contribution in [2.75, 3.05) is 6.61 Å². The van der Waals surface area contributed by atoms with Crippen LogP contribution in [0.5, 0.6) is 0 Å². The average Bonchev–Trinajstić information content (AvgIpc) is 2.80. The molecule has 0 heterocycles. The van der Waals surface area contributed by atoms with Gasteiger partial charge in [-0.25, -0.2) is 4.39 Å². The van der Waals surface area contributed by atoms with Crippen LogP contribution in [0.4, 0.5) is 4.39 Å². The van der Waals surface area contributed by atoms with E-state index in [0.29, 0.717) is 5.56 Å². The second-order valence-corrected chi connectivity index (χ2v) is 5.64. The van der Waals surface area contributed by atoms with Crippen LogP contribution in [0, 0.1) is 11.7 Å². The van der Waals surface area contributed by atoms with Gasteiger partial charge < -0.3 is 10.4 Å². The van der Waals surface area contributed by atoms with Gasteiger partial charge in [-0.3, -0.25) is 0 Å². The van der Waals surface area contributed by atoms with Gasteiger partial charge in [0.1, 0.15) is 5.82 Å². The summed E-state index contributed by atoms with van der Waals surface area (Å²) in [6.45, 7) is 2.12. The second kappa shape index (κ2) is 5.95. The molecule has 0 bridgehead atoms. The number of aliphatic hydroxyl groups is 1. The monoisotopic (exact) mass is 313 g/mol. The lowest BCUT2D eigenvalue weighted by Crippen LogP contribution is -2.29. The number of benzene rings is 1. The van der Waals surface area contributed by atoms with Crippen molar-refractivity contribution in [1.29, 1.82) is 0 Å². The summed E-state index contributed by atoms with van der Waals surface area (Å²) in [5.74, 6) is 0.0286. The molecule has 0 spiro atoms. The zero-order chi connectivity index (χ0) is 13.1. The summed E-state index contributed by atoms with van der Waals surface area (Å²) in [5.41, 5.74) is 0.658. The molecule has 2 N–H and O–H groups in total. The fourth-order valence-electron chi connectivity index (χ4n) is 2.29. The van der Waals surface area contributed by atoms with Gasteiger partial charge in [0.25, 0.3) is 0 Å². The lowest BCUT2D eigenvalue weighted by atomic mass is 10.1. The molecule has 2 nitrogen and oxygen atoms in total. The van der Waals surface area contributed by atoms with E-state index in [0.717, 1.165) is 10.9 Å². The molecule has 0 saturated carbocycles. The number of nitrogens with one attached hydrogen (secondary N) is 1. The van der Waals surface area contributed by atoms with Gasteiger partial charge in [0.05, 0.1) is 0 Å². The molecule has 1 aliphatic rings. The Morgan fingerprint density at radius 1 is 1.50 bits per heavy atom. The summed E-state index contributed by atoms with van der Waals surface area (Å²) >= 11 is 3.36. The Hall–Kier alpha value is -0.710. The Kier molecular flexibility index (Phi) is 4.54. The summed E-state index contributed by atoms with van der Waals surface area (Å²) in [7, 11) is 0. The standard InChI is InChI=1S/C14H17BrFNO/c1-9(13-7-11(15)3-5-14(13)16)17-12-4-2-10(6-12)8-18/h2-5,7,9-10,12,17-18H,6,8H2,1H3/t9-,10-,12+/m0/s1. The molecule has 18 heavy (non-hydrogen) atoms. The third-order valence-electron chi connectivity index (χ3n) is 3.30. The van der Waals surface area contributed by atoms with Crippen molar-refractivity contribution in [1.82, 2.24) is 5.32 Å². The van der Waals surface area contributed by atoms with Crippen LogP contribution >= 0.6 is 15.9 Å². The van der Waals surface area contributed by atoms with E-state index in [1.54, 1.807) is 12.1 Å². The maximum absolute atomic E-state index is 13.7. The molecular weight excluding hydrogens is 297 g/mol. The normalized spacial score (nSPS) is 24.4. The summed E-state index contributed by atoms with van der Waals surface area (Å²) in [5, 5.41) is 12.4. The molecule has 4 heteroatoms. The van der Waals surface area contributed by atoms with Crippen molar-refractivity contribution >= 4 is 15.9 Å². The van der Waals surface area contributed by atoms with Crippen LogP contribution < -0.4 is 5.32 Å². The van der Waals surface area contributed by atoms with Gasteiger partial charge in [0, 0.05) is 34.6 Å². The molecule has 0 aliphatic heterocycles. The molecule has 0 saturated heterocycles. The van der Waals surface area contributed by atoms with E-state index in [9.17, 15) is 4.39 Å². The number of aliphatic hydroxyl groups excluding tert-OH is 1. The topological polar surface area (TPSA) is 32.3 Å². The third kappa shape index (κ3) is 3.19. The highest BCUT2D eigenvalue weighted by atomic mass is 79.9. The van der Waals surface area contributed by atoms with E-state index >= 15 is 0 Å². The fraction of sp³-hybridized carbons (Fsp3) is 0.429. The Morgan fingerprint density at radius 2 is 2.28 bits per heavy atom. The molecule has 0 fully saturated rings. The van der Waals surface area contributed by atoms with Crippen LogP contribution in [-0.4, -0.2) is 17.8 Å². The molecule has 2 rings (SSSR count). The lowest BCUT2D eigenvalue weighted by Gasteiger charge is -2.20. The molecule has 0 unspecified atom stereocenters. The number of halogens is 2. The quantitative estimate of drug-likeness (QED) is 0.837. The van der Waals surface area contributed by atoms with Crippen LogP contribution in [0.15, 0.2) is 34.8 Å². The first-order valence-electron chi connectivity index (χ1n) is 6.10. The average molecular weight is 314 g/mol. The predicted molar refractivity (Wildman–Crippen MR) is 73.8 cm³/mol. The minimum Gasteiger partial charge on any atom is -0.396 e. The molecular formula is C14H17BrFNO. The van der Waals surface area contributed by atoms with E-state index in [4.69, 9.17) is 5.11 Å². The molecule has 1 aromatic rings. The van der Waals surface area contributed by atoms with Gasteiger partial charge in [-0.1, -0.05) is 28.1 Å². The van der Waals surface area contributed by atoms with Crippen molar-refractivity contribution in [3.8, 4) is 0 Å². The first kappa shape index (κ1) is 13.7. The Balaban J connectivity index is 2.02. The van der Waals surface area contributed by atoms with Crippen molar-refractivity contribution in [3.63, 3.8) is 0 Å². The van der Waals surface area contributed by atoms with Crippen molar-refractivity contribution < 1.29 is 9.50 Å². The first-order chi connectivity index (χ1) is 8.60. The van der Waals surface area contributed by atoms with E-state index in [2.05, 4.69) is 21.2 Å². The summed E-state index contributed by atoms with van der Waals surface area (Å²) < 4.78 is 14.6. The Morgan fingerprint density at radius 3 is 2.94 bits per heavy atom. The lowest BCUT2D eigenvalue weighted by molar-refractivity contribution is 0.245. The number of hydrogen-bond donors (Lipinski definition) is 2. The van der Waals surface area contributed by atoms with Gasteiger partial charge in [0.15, 0.2) is 0 Å². The zero-order valence-corrected chi connectivity index (χ0v) is 11.8. The molecule has 3 atom stereocenters. The minimum atomic E-state index is -0.195. The molecule has 0 amide bonds. The van der Waals surface area contributed by atoms with Gasteiger partial charge >= 0.3 is 0 Å². The van der Waals surface area contributed by atoms with E-state index in [1.165, 1.54) is 6.07 Å². The smallest absolute Gasteiger partial charge is 0.128 e. The fourth-order valence-corrected chi connectivity index (χ4v) is 2.67. The van der Waals surface area contributed by atoms with Crippen molar-refractivity contribution in [2.24, 2.45) is 5.92 Å². The highest BCUT2D eigenvalue weighted by Crippen LogP contribution is 2.24. The first-order valence-corrected chi connectivity index (χ1v) is 6.89. The third-order valence-corrected chi connectivity index (χ3v) is 3.79. The molecule has 0 aromatic heterocycles. The summed E-state index contributed by atoms with van der Waals surface area (Å²) in [6, 6.07) is 5.11. The predicted octanol–water partition coefficient (Wildman–Crippen LogP) is 3.18. The molecule has 98 valence electrons. The van der Waals surface area contributed by atoms with E-state index in [1.807, 2.05) is 19.1 Å². The van der Waals surface area contributed by atoms with Crippen molar-refractivity contribution in [2.45, 2.75) is 25.4 Å². The van der Waals surface area contributed by atoms with Gasteiger partial charge in [0.2, 0.25) is 0 Å². The molecule has 1 aliphatic carbocycles. The van der Waals surface area contributed by atoms with Crippen LogP contribution in [-0.2, 0) is 0 Å². The summed E-state index contributed by atoms with van der Waals surface area (Å²) in [4.78, 5) is 0. The van der Waals surface area contributed by atoms with Gasteiger partial charge in [-0.15, -0.1) is 0 Å². The van der Waals surface area contributed by atoms with E-state index in [-0.39, 0.29) is 30.4 Å². The van der Waals surface area contributed by atoms with Crippen LogP contribution in [0.1, 0.15) is 24.9 Å². The number of hydrogen-bond acceptors (Lipinski definition) is 2. The highest BCUT2D eigenvalue weighted by molar-refractivity contribution is 9.10. The highest BCUT2D eigenvalue weighted by Gasteiger charge is 2.21. The van der Waals surface area contributed by atoms with Crippen LogP contribution in [0.25, 0.3) is 0 Å². The SMILES string of the molecule is C[C@H](N[C@@H]1C=C[C@H](CO)C1)c1cc(Br)ccc1F. The van der Waals surface area contributed by atoms with Gasteiger partial charge in [-0.2, -0.15) is 0 Å². The Labute approximate surface area is 115 Å². The maximum Gasteiger partial charge on any atom is 0.128 e. The largest absolute Gasteiger partial charge is 0.396 e. The maximum atomic E-state index is 13.7. The molecule has 1 aromatic carbocycles. The summed E-state index contributed by atoms with van der Waals surface area (Å²) in [6.07, 6.45) is 4.94. The van der Waals surface area contributed by atoms with Crippen LogP contribution in [0.2, 0.25) is 0 Å².